The van der Waals surface area contributed by atoms with Crippen LogP contribution in [0.25, 0.3) is 0 Å². The van der Waals surface area contributed by atoms with Gasteiger partial charge in [0.15, 0.2) is 0 Å². The summed E-state index contributed by atoms with van der Waals surface area (Å²) in [6, 6.07) is 25.4. The minimum absolute atomic E-state index is 0.0446. The van der Waals surface area contributed by atoms with Gasteiger partial charge in [-0.2, -0.15) is 0 Å². The molecule has 2 amide bonds. The molecule has 3 aromatic rings. The molecule has 0 aliphatic carbocycles. The van der Waals surface area contributed by atoms with Crippen molar-refractivity contribution in [3.05, 3.63) is 78.9 Å². The number of para-hydroxylation sites is 1. The first-order valence-corrected chi connectivity index (χ1v) is 11.2. The molecule has 31 heavy (non-hydrogen) atoms. The van der Waals surface area contributed by atoms with Gasteiger partial charge in [-0.15, -0.1) is 11.8 Å². The van der Waals surface area contributed by atoms with Gasteiger partial charge in [0.05, 0.1) is 5.75 Å². The highest BCUT2D eigenvalue weighted by molar-refractivity contribution is 8.00. The Bertz CT molecular complexity index is 1000. The van der Waals surface area contributed by atoms with Crippen LogP contribution in [0.5, 0.6) is 0 Å². The largest absolute Gasteiger partial charge is 0.356 e. The molecule has 3 rings (SSSR count). The van der Waals surface area contributed by atoms with E-state index in [9.17, 15) is 9.59 Å². The van der Waals surface area contributed by atoms with Crippen LogP contribution < -0.4 is 15.5 Å². The first-order valence-electron chi connectivity index (χ1n) is 10.2. The molecule has 6 heteroatoms. The molecule has 0 radical (unpaired) electrons. The van der Waals surface area contributed by atoms with E-state index in [2.05, 4.69) is 10.6 Å². The quantitative estimate of drug-likeness (QED) is 0.433. The predicted molar refractivity (Wildman–Crippen MR) is 130 cm³/mol. The summed E-state index contributed by atoms with van der Waals surface area (Å²) in [6.07, 6.45) is 0. The molecular formula is C25H27N3O2S. The summed E-state index contributed by atoms with van der Waals surface area (Å²) < 4.78 is 0. The maximum atomic E-state index is 13.0. The number of thioether (sulfide) groups is 1. The van der Waals surface area contributed by atoms with E-state index in [4.69, 9.17) is 0 Å². The standard InChI is InChI=1S/C25H27N3O2S/c1-18(2)28(23-13-9-22(10-14-23)27-20-7-5-4-6-8-20)25(30)17-31-24-15-11-21(12-16-24)26-19(3)29/h4-16,18,27H,17H2,1-3H3,(H,26,29). The first-order chi connectivity index (χ1) is 14.9. The normalized spacial score (nSPS) is 10.6. The number of nitrogens with zero attached hydrogens (tertiary/aromatic N) is 1. The number of hydrogen-bond donors (Lipinski definition) is 2. The Kier molecular flexibility index (Phi) is 7.73. The van der Waals surface area contributed by atoms with Gasteiger partial charge in [0, 0.05) is 40.6 Å². The second-order valence-corrected chi connectivity index (χ2v) is 8.44. The Hall–Kier alpha value is -3.25. The summed E-state index contributed by atoms with van der Waals surface area (Å²) in [4.78, 5) is 26.9. The SMILES string of the molecule is CC(=O)Nc1ccc(SCC(=O)N(c2ccc(Nc3ccccc3)cc2)C(C)C)cc1. The van der Waals surface area contributed by atoms with E-state index in [1.54, 1.807) is 0 Å². The molecule has 0 aromatic heterocycles. The third kappa shape index (κ3) is 6.62. The molecule has 0 bridgehead atoms. The van der Waals surface area contributed by atoms with E-state index >= 15 is 0 Å². The molecule has 0 spiro atoms. The summed E-state index contributed by atoms with van der Waals surface area (Å²) in [5.74, 6) is 0.282. The van der Waals surface area contributed by atoms with Gasteiger partial charge in [-0.1, -0.05) is 18.2 Å². The molecular weight excluding hydrogens is 406 g/mol. The Morgan fingerprint density at radius 3 is 2.00 bits per heavy atom. The second kappa shape index (κ2) is 10.7. The summed E-state index contributed by atoms with van der Waals surface area (Å²) in [7, 11) is 0. The number of rotatable bonds is 8. The summed E-state index contributed by atoms with van der Waals surface area (Å²) in [5.41, 5.74) is 3.61. The average molecular weight is 434 g/mol. The summed E-state index contributed by atoms with van der Waals surface area (Å²) >= 11 is 1.49. The van der Waals surface area contributed by atoms with Gasteiger partial charge in [0.25, 0.3) is 0 Å². The zero-order chi connectivity index (χ0) is 22.2. The number of anilines is 4. The van der Waals surface area contributed by atoms with Crippen molar-refractivity contribution in [3.8, 4) is 0 Å². The van der Waals surface area contributed by atoms with Crippen LogP contribution in [0.3, 0.4) is 0 Å². The van der Waals surface area contributed by atoms with Crippen LogP contribution in [0.4, 0.5) is 22.7 Å². The highest BCUT2D eigenvalue weighted by Crippen LogP contribution is 2.25. The highest BCUT2D eigenvalue weighted by atomic mass is 32.2. The van der Waals surface area contributed by atoms with E-state index in [-0.39, 0.29) is 17.9 Å². The fourth-order valence-corrected chi connectivity index (χ4v) is 3.93. The lowest BCUT2D eigenvalue weighted by Gasteiger charge is -2.27. The molecule has 3 aromatic carbocycles. The van der Waals surface area contributed by atoms with Crippen molar-refractivity contribution in [2.24, 2.45) is 0 Å². The molecule has 0 aliphatic rings. The Morgan fingerprint density at radius 2 is 1.42 bits per heavy atom. The molecule has 0 unspecified atom stereocenters. The third-order valence-corrected chi connectivity index (χ3v) is 5.53. The molecule has 0 fully saturated rings. The van der Waals surface area contributed by atoms with Gasteiger partial charge in [-0.05, 0) is 74.5 Å². The van der Waals surface area contributed by atoms with Gasteiger partial charge in [-0.3, -0.25) is 9.59 Å². The highest BCUT2D eigenvalue weighted by Gasteiger charge is 2.19. The molecule has 0 heterocycles. The van der Waals surface area contributed by atoms with Crippen LogP contribution in [-0.2, 0) is 9.59 Å². The lowest BCUT2D eigenvalue weighted by atomic mass is 10.2. The lowest BCUT2D eigenvalue weighted by molar-refractivity contribution is -0.116. The van der Waals surface area contributed by atoms with Crippen LogP contribution in [-0.4, -0.2) is 23.6 Å². The number of carbonyl (C=O) groups is 2. The third-order valence-electron chi connectivity index (χ3n) is 4.53. The van der Waals surface area contributed by atoms with E-state index in [1.807, 2.05) is 97.6 Å². The average Bonchev–Trinajstić information content (AvgIpc) is 2.75. The van der Waals surface area contributed by atoms with Gasteiger partial charge < -0.3 is 15.5 Å². The van der Waals surface area contributed by atoms with E-state index in [0.717, 1.165) is 27.6 Å². The molecule has 0 aliphatic heterocycles. The van der Waals surface area contributed by atoms with Crippen LogP contribution >= 0.6 is 11.8 Å². The van der Waals surface area contributed by atoms with Crippen molar-refractivity contribution < 1.29 is 9.59 Å². The van der Waals surface area contributed by atoms with E-state index in [0.29, 0.717) is 5.75 Å². The Balaban J connectivity index is 1.63. The lowest BCUT2D eigenvalue weighted by Crippen LogP contribution is -2.38. The minimum atomic E-state index is -0.104. The molecule has 0 saturated heterocycles. The van der Waals surface area contributed by atoms with Crippen molar-refractivity contribution >= 4 is 46.3 Å². The van der Waals surface area contributed by atoms with Crippen LogP contribution in [0.15, 0.2) is 83.8 Å². The van der Waals surface area contributed by atoms with Crippen LogP contribution in [0, 0.1) is 0 Å². The monoisotopic (exact) mass is 433 g/mol. The van der Waals surface area contributed by atoms with Gasteiger partial charge in [-0.25, -0.2) is 0 Å². The summed E-state index contributed by atoms with van der Waals surface area (Å²) in [6.45, 7) is 5.51. The van der Waals surface area contributed by atoms with Gasteiger partial charge in [0.2, 0.25) is 11.8 Å². The van der Waals surface area contributed by atoms with Crippen molar-refractivity contribution in [1.29, 1.82) is 0 Å². The minimum Gasteiger partial charge on any atom is -0.356 e. The van der Waals surface area contributed by atoms with Crippen molar-refractivity contribution in [3.63, 3.8) is 0 Å². The number of hydrogen-bond acceptors (Lipinski definition) is 4. The Labute approximate surface area is 187 Å². The molecule has 5 nitrogen and oxygen atoms in total. The number of amides is 2. The van der Waals surface area contributed by atoms with Crippen molar-refractivity contribution in [1.82, 2.24) is 0 Å². The number of carbonyl (C=O) groups excluding carboxylic acids is 2. The maximum absolute atomic E-state index is 13.0. The fraction of sp³-hybridized carbons (Fsp3) is 0.200. The molecule has 0 atom stereocenters. The van der Waals surface area contributed by atoms with E-state index < -0.39 is 0 Å². The van der Waals surface area contributed by atoms with Gasteiger partial charge >= 0.3 is 0 Å². The topological polar surface area (TPSA) is 61.4 Å². The second-order valence-electron chi connectivity index (χ2n) is 7.39. The van der Waals surface area contributed by atoms with Crippen LogP contribution in [0.2, 0.25) is 0 Å². The first kappa shape index (κ1) is 22.4. The summed E-state index contributed by atoms with van der Waals surface area (Å²) in [5, 5.41) is 6.10. The fourth-order valence-electron chi connectivity index (χ4n) is 3.18. The van der Waals surface area contributed by atoms with Crippen LogP contribution in [0.1, 0.15) is 20.8 Å². The Morgan fingerprint density at radius 1 is 0.839 bits per heavy atom. The zero-order valence-electron chi connectivity index (χ0n) is 18.0. The number of benzene rings is 3. The smallest absolute Gasteiger partial charge is 0.237 e. The molecule has 0 saturated carbocycles. The predicted octanol–water partition coefficient (Wildman–Crippen LogP) is 5.92. The number of nitrogens with one attached hydrogen (secondary N) is 2. The molecule has 2 N–H and O–H groups in total. The van der Waals surface area contributed by atoms with E-state index in [1.165, 1.54) is 18.7 Å². The maximum Gasteiger partial charge on any atom is 0.237 e. The molecule has 160 valence electrons. The van der Waals surface area contributed by atoms with Crippen molar-refractivity contribution in [2.75, 3.05) is 21.3 Å². The zero-order valence-corrected chi connectivity index (χ0v) is 18.8. The van der Waals surface area contributed by atoms with Gasteiger partial charge in [0.1, 0.15) is 0 Å². The van der Waals surface area contributed by atoms with Crippen molar-refractivity contribution in [2.45, 2.75) is 31.7 Å².